The number of hydrogen-bond acceptors (Lipinski definition) is 4. The largest absolute Gasteiger partial charge is 0.378 e. The average Bonchev–Trinajstić information content (AvgIpc) is 2.87. The standard InChI is InChI=1S/C14H25N3O3/c1-11(18)16-12-4-8-17(10-12)14(19)5-9-20-13-2-6-15-7-3-13/h12-13,15H,2-10H2,1H3,(H,16,18). The summed E-state index contributed by atoms with van der Waals surface area (Å²) in [7, 11) is 0. The minimum atomic E-state index is -0.0291. The predicted octanol–water partition coefficient (Wildman–Crippen LogP) is -0.118. The van der Waals surface area contributed by atoms with Gasteiger partial charge in [0.1, 0.15) is 0 Å². The highest BCUT2D eigenvalue weighted by molar-refractivity contribution is 5.77. The van der Waals surface area contributed by atoms with Crippen molar-refractivity contribution in [3.05, 3.63) is 0 Å². The van der Waals surface area contributed by atoms with Crippen molar-refractivity contribution < 1.29 is 14.3 Å². The molecule has 0 saturated carbocycles. The maximum absolute atomic E-state index is 12.0. The first-order valence-electron chi connectivity index (χ1n) is 7.52. The summed E-state index contributed by atoms with van der Waals surface area (Å²) in [5.41, 5.74) is 0. The summed E-state index contributed by atoms with van der Waals surface area (Å²) >= 11 is 0. The second-order valence-corrected chi connectivity index (χ2v) is 5.60. The minimum absolute atomic E-state index is 0.0291. The number of piperidine rings is 1. The normalized spacial score (nSPS) is 23.9. The van der Waals surface area contributed by atoms with Gasteiger partial charge < -0.3 is 20.3 Å². The summed E-state index contributed by atoms with van der Waals surface area (Å²) in [4.78, 5) is 24.8. The molecule has 2 saturated heterocycles. The van der Waals surface area contributed by atoms with Gasteiger partial charge in [-0.2, -0.15) is 0 Å². The SMILES string of the molecule is CC(=O)NC1CCN(C(=O)CCOC2CCNCC2)C1. The molecule has 2 rings (SSSR count). The Labute approximate surface area is 120 Å². The van der Waals surface area contributed by atoms with Crippen molar-refractivity contribution in [2.75, 3.05) is 32.8 Å². The smallest absolute Gasteiger partial charge is 0.224 e. The van der Waals surface area contributed by atoms with E-state index in [9.17, 15) is 9.59 Å². The number of amides is 2. The third-order valence-electron chi connectivity index (χ3n) is 3.90. The van der Waals surface area contributed by atoms with Gasteiger partial charge in [0.2, 0.25) is 11.8 Å². The predicted molar refractivity (Wildman–Crippen MR) is 75.3 cm³/mol. The van der Waals surface area contributed by atoms with Gasteiger partial charge in [-0.1, -0.05) is 0 Å². The molecule has 0 radical (unpaired) electrons. The molecule has 0 spiro atoms. The summed E-state index contributed by atoms with van der Waals surface area (Å²) in [5, 5.41) is 6.15. The van der Waals surface area contributed by atoms with E-state index in [0.29, 0.717) is 25.7 Å². The van der Waals surface area contributed by atoms with E-state index in [1.54, 1.807) is 0 Å². The van der Waals surface area contributed by atoms with Crippen molar-refractivity contribution >= 4 is 11.8 Å². The molecule has 20 heavy (non-hydrogen) atoms. The first kappa shape index (κ1) is 15.3. The quantitative estimate of drug-likeness (QED) is 0.738. The van der Waals surface area contributed by atoms with Gasteiger partial charge in [0, 0.05) is 26.1 Å². The van der Waals surface area contributed by atoms with E-state index in [-0.39, 0.29) is 17.9 Å². The van der Waals surface area contributed by atoms with Crippen LogP contribution in [-0.4, -0.2) is 61.6 Å². The first-order chi connectivity index (χ1) is 9.65. The molecule has 0 aromatic heterocycles. The maximum atomic E-state index is 12.0. The fourth-order valence-corrected chi connectivity index (χ4v) is 2.83. The number of carbonyl (C=O) groups excluding carboxylic acids is 2. The highest BCUT2D eigenvalue weighted by Crippen LogP contribution is 2.12. The molecule has 2 fully saturated rings. The number of hydrogen-bond donors (Lipinski definition) is 2. The molecule has 2 aliphatic rings. The van der Waals surface area contributed by atoms with E-state index in [1.807, 2.05) is 4.90 Å². The summed E-state index contributed by atoms with van der Waals surface area (Å²) in [6.45, 7) is 5.39. The molecule has 2 amide bonds. The summed E-state index contributed by atoms with van der Waals surface area (Å²) < 4.78 is 5.75. The Hall–Kier alpha value is -1.14. The van der Waals surface area contributed by atoms with Crippen LogP contribution in [0.1, 0.15) is 32.6 Å². The van der Waals surface area contributed by atoms with E-state index in [2.05, 4.69) is 10.6 Å². The fraction of sp³-hybridized carbons (Fsp3) is 0.857. The van der Waals surface area contributed by atoms with Crippen LogP contribution in [0.4, 0.5) is 0 Å². The molecule has 2 aliphatic heterocycles. The van der Waals surface area contributed by atoms with Gasteiger partial charge >= 0.3 is 0 Å². The van der Waals surface area contributed by atoms with Crippen molar-refractivity contribution in [1.82, 2.24) is 15.5 Å². The van der Waals surface area contributed by atoms with Crippen LogP contribution in [0.15, 0.2) is 0 Å². The number of ether oxygens (including phenoxy) is 1. The van der Waals surface area contributed by atoms with Crippen LogP contribution >= 0.6 is 0 Å². The summed E-state index contributed by atoms with van der Waals surface area (Å²) in [5.74, 6) is 0.102. The average molecular weight is 283 g/mol. The molecule has 2 heterocycles. The maximum Gasteiger partial charge on any atom is 0.224 e. The van der Waals surface area contributed by atoms with E-state index >= 15 is 0 Å². The zero-order valence-corrected chi connectivity index (χ0v) is 12.2. The molecule has 2 N–H and O–H groups in total. The van der Waals surface area contributed by atoms with Crippen LogP contribution in [-0.2, 0) is 14.3 Å². The lowest BCUT2D eigenvalue weighted by atomic mass is 10.1. The Morgan fingerprint density at radius 2 is 2.05 bits per heavy atom. The van der Waals surface area contributed by atoms with E-state index in [1.165, 1.54) is 6.92 Å². The van der Waals surface area contributed by atoms with Crippen LogP contribution in [0, 0.1) is 0 Å². The number of nitrogens with zero attached hydrogens (tertiary/aromatic N) is 1. The van der Waals surface area contributed by atoms with Gasteiger partial charge in [-0.25, -0.2) is 0 Å². The zero-order chi connectivity index (χ0) is 14.4. The van der Waals surface area contributed by atoms with Gasteiger partial charge in [-0.3, -0.25) is 9.59 Å². The lowest BCUT2D eigenvalue weighted by Gasteiger charge is -2.23. The van der Waals surface area contributed by atoms with Gasteiger partial charge in [0.05, 0.1) is 19.1 Å². The monoisotopic (exact) mass is 283 g/mol. The molecule has 6 heteroatoms. The molecule has 6 nitrogen and oxygen atoms in total. The second-order valence-electron chi connectivity index (χ2n) is 5.60. The molecule has 1 unspecified atom stereocenters. The lowest BCUT2D eigenvalue weighted by Crippen LogP contribution is -2.37. The second kappa shape index (κ2) is 7.59. The first-order valence-corrected chi connectivity index (χ1v) is 7.52. The highest BCUT2D eigenvalue weighted by Gasteiger charge is 2.26. The molecule has 1 atom stereocenters. The van der Waals surface area contributed by atoms with E-state index in [0.717, 1.165) is 38.9 Å². The lowest BCUT2D eigenvalue weighted by molar-refractivity contribution is -0.132. The van der Waals surface area contributed by atoms with Crippen LogP contribution in [0.25, 0.3) is 0 Å². The Morgan fingerprint density at radius 3 is 2.75 bits per heavy atom. The summed E-state index contributed by atoms with van der Waals surface area (Å²) in [6.07, 6.45) is 3.65. The Morgan fingerprint density at radius 1 is 1.30 bits per heavy atom. The van der Waals surface area contributed by atoms with Gasteiger partial charge in [0.25, 0.3) is 0 Å². The van der Waals surface area contributed by atoms with Crippen molar-refractivity contribution in [3.8, 4) is 0 Å². The van der Waals surface area contributed by atoms with Crippen molar-refractivity contribution in [1.29, 1.82) is 0 Å². The molecule has 0 aromatic carbocycles. The third kappa shape index (κ3) is 4.76. The number of likely N-dealkylation sites (tertiary alicyclic amines) is 1. The molecular weight excluding hydrogens is 258 g/mol. The topological polar surface area (TPSA) is 70.7 Å². The molecule has 0 aliphatic carbocycles. The fourth-order valence-electron chi connectivity index (χ4n) is 2.83. The van der Waals surface area contributed by atoms with Crippen molar-refractivity contribution in [2.45, 2.75) is 44.8 Å². The molecule has 0 bridgehead atoms. The molecular formula is C14H25N3O3. The number of carbonyl (C=O) groups is 2. The minimum Gasteiger partial charge on any atom is -0.378 e. The third-order valence-corrected chi connectivity index (χ3v) is 3.90. The Kier molecular flexibility index (Phi) is 5.79. The van der Waals surface area contributed by atoms with Gasteiger partial charge in [-0.05, 0) is 32.4 Å². The van der Waals surface area contributed by atoms with Gasteiger partial charge in [0.15, 0.2) is 0 Å². The number of rotatable bonds is 5. The van der Waals surface area contributed by atoms with E-state index in [4.69, 9.17) is 4.74 Å². The number of nitrogens with one attached hydrogen (secondary N) is 2. The summed E-state index contributed by atoms with van der Waals surface area (Å²) in [6, 6.07) is 0.113. The Balaban J connectivity index is 1.61. The molecule has 114 valence electrons. The molecule has 0 aromatic rings. The Bertz CT molecular complexity index is 343. The van der Waals surface area contributed by atoms with Crippen LogP contribution < -0.4 is 10.6 Å². The van der Waals surface area contributed by atoms with Gasteiger partial charge in [-0.15, -0.1) is 0 Å². The zero-order valence-electron chi connectivity index (χ0n) is 12.2. The van der Waals surface area contributed by atoms with E-state index < -0.39 is 0 Å². The van der Waals surface area contributed by atoms with Crippen LogP contribution in [0.5, 0.6) is 0 Å². The highest BCUT2D eigenvalue weighted by atomic mass is 16.5. The van der Waals surface area contributed by atoms with Crippen molar-refractivity contribution in [2.24, 2.45) is 0 Å². The van der Waals surface area contributed by atoms with Crippen LogP contribution in [0.3, 0.4) is 0 Å². The van der Waals surface area contributed by atoms with Crippen molar-refractivity contribution in [3.63, 3.8) is 0 Å². The van der Waals surface area contributed by atoms with Crippen LogP contribution in [0.2, 0.25) is 0 Å².